The fraction of sp³-hybridized carbons (Fsp3) is 0.364. The zero-order valence-electron chi connectivity index (χ0n) is 9.80. The third-order valence-electron chi connectivity index (χ3n) is 2.41. The summed E-state index contributed by atoms with van der Waals surface area (Å²) >= 11 is 0. The molecular formula is C11H13FN4O2. The van der Waals surface area contributed by atoms with E-state index in [-0.39, 0.29) is 13.1 Å². The number of halogens is 1. The number of azide groups is 1. The van der Waals surface area contributed by atoms with Crippen molar-refractivity contribution >= 4 is 5.97 Å². The standard InChI is InChI=1S/C11H13FN4O2/c1-7-6-8(12)2-3-9(7)10(11(17)18)14-4-5-15-16-13/h2-3,6,10,14H,4-5H2,1H3,(H,17,18). The van der Waals surface area contributed by atoms with Gasteiger partial charge in [0, 0.05) is 18.0 Å². The summed E-state index contributed by atoms with van der Waals surface area (Å²) in [5, 5.41) is 15.2. The number of carboxylic acids is 1. The van der Waals surface area contributed by atoms with Crippen LogP contribution in [0.1, 0.15) is 17.2 Å². The maximum absolute atomic E-state index is 12.9. The highest BCUT2D eigenvalue weighted by molar-refractivity contribution is 5.76. The molecule has 96 valence electrons. The molecule has 0 saturated carbocycles. The molecule has 0 aromatic heterocycles. The average Bonchev–Trinajstić information content (AvgIpc) is 2.30. The van der Waals surface area contributed by atoms with Crippen LogP contribution in [0, 0.1) is 12.7 Å². The van der Waals surface area contributed by atoms with E-state index < -0.39 is 17.8 Å². The van der Waals surface area contributed by atoms with E-state index in [4.69, 9.17) is 10.6 Å². The van der Waals surface area contributed by atoms with Crippen LogP contribution >= 0.6 is 0 Å². The molecular weight excluding hydrogens is 239 g/mol. The number of benzene rings is 1. The van der Waals surface area contributed by atoms with Crippen molar-refractivity contribution in [2.24, 2.45) is 5.11 Å². The Bertz CT molecular complexity index is 486. The van der Waals surface area contributed by atoms with E-state index in [0.717, 1.165) is 0 Å². The van der Waals surface area contributed by atoms with Crippen LogP contribution in [-0.4, -0.2) is 24.2 Å². The number of hydrogen-bond donors (Lipinski definition) is 2. The van der Waals surface area contributed by atoms with E-state index >= 15 is 0 Å². The number of nitrogens with one attached hydrogen (secondary N) is 1. The Hall–Kier alpha value is -2.11. The molecule has 18 heavy (non-hydrogen) atoms. The maximum Gasteiger partial charge on any atom is 0.325 e. The van der Waals surface area contributed by atoms with E-state index in [9.17, 15) is 9.18 Å². The minimum Gasteiger partial charge on any atom is -0.480 e. The molecule has 1 rings (SSSR count). The fourth-order valence-electron chi connectivity index (χ4n) is 1.60. The molecule has 0 aliphatic rings. The van der Waals surface area contributed by atoms with Gasteiger partial charge >= 0.3 is 5.97 Å². The van der Waals surface area contributed by atoms with Gasteiger partial charge in [-0.05, 0) is 35.7 Å². The first kappa shape index (κ1) is 14.0. The molecule has 0 amide bonds. The van der Waals surface area contributed by atoms with Crippen molar-refractivity contribution in [1.29, 1.82) is 0 Å². The number of hydrogen-bond acceptors (Lipinski definition) is 3. The van der Waals surface area contributed by atoms with Gasteiger partial charge < -0.3 is 10.4 Å². The quantitative estimate of drug-likeness (QED) is 0.351. The highest BCUT2D eigenvalue weighted by atomic mass is 19.1. The number of carboxylic acid groups (broad SMARTS) is 1. The molecule has 1 aromatic rings. The van der Waals surface area contributed by atoms with Crippen LogP contribution in [0.5, 0.6) is 0 Å². The van der Waals surface area contributed by atoms with E-state index in [1.807, 2.05) is 0 Å². The zero-order chi connectivity index (χ0) is 13.5. The van der Waals surface area contributed by atoms with Gasteiger partial charge in [-0.1, -0.05) is 11.2 Å². The van der Waals surface area contributed by atoms with Gasteiger partial charge in [0.2, 0.25) is 0 Å². The van der Waals surface area contributed by atoms with Gasteiger partial charge in [-0.15, -0.1) is 0 Å². The third-order valence-corrected chi connectivity index (χ3v) is 2.41. The van der Waals surface area contributed by atoms with Gasteiger partial charge in [0.1, 0.15) is 11.9 Å². The highest BCUT2D eigenvalue weighted by Gasteiger charge is 2.20. The summed E-state index contributed by atoms with van der Waals surface area (Å²) in [5.41, 5.74) is 9.15. The van der Waals surface area contributed by atoms with Crippen LogP contribution in [0.15, 0.2) is 23.3 Å². The van der Waals surface area contributed by atoms with Crippen molar-refractivity contribution in [2.45, 2.75) is 13.0 Å². The Kier molecular flexibility index (Phi) is 5.10. The van der Waals surface area contributed by atoms with E-state index in [1.165, 1.54) is 18.2 Å². The molecule has 6 nitrogen and oxygen atoms in total. The Labute approximate surface area is 103 Å². The second-order valence-electron chi connectivity index (χ2n) is 3.68. The number of carbonyl (C=O) groups is 1. The van der Waals surface area contributed by atoms with Crippen LogP contribution in [-0.2, 0) is 4.79 Å². The summed E-state index contributed by atoms with van der Waals surface area (Å²) in [7, 11) is 0. The Morgan fingerprint density at radius 2 is 2.39 bits per heavy atom. The second-order valence-corrected chi connectivity index (χ2v) is 3.68. The minimum atomic E-state index is -1.06. The molecule has 2 N–H and O–H groups in total. The van der Waals surface area contributed by atoms with Gasteiger partial charge in [-0.3, -0.25) is 4.79 Å². The predicted octanol–water partition coefficient (Wildman–Crippen LogP) is 2.16. The maximum atomic E-state index is 12.9. The molecule has 7 heteroatoms. The van der Waals surface area contributed by atoms with Gasteiger partial charge in [0.25, 0.3) is 0 Å². The van der Waals surface area contributed by atoms with Crippen molar-refractivity contribution in [1.82, 2.24) is 5.32 Å². The smallest absolute Gasteiger partial charge is 0.325 e. The molecule has 0 spiro atoms. The number of aliphatic carboxylic acids is 1. The summed E-state index contributed by atoms with van der Waals surface area (Å²) < 4.78 is 12.9. The molecule has 1 aromatic carbocycles. The topological polar surface area (TPSA) is 98.1 Å². The lowest BCUT2D eigenvalue weighted by Gasteiger charge is -2.16. The normalized spacial score (nSPS) is 11.7. The third kappa shape index (κ3) is 3.73. The van der Waals surface area contributed by atoms with Gasteiger partial charge in [-0.2, -0.15) is 0 Å². The molecule has 0 aliphatic heterocycles. The van der Waals surface area contributed by atoms with Gasteiger partial charge in [0.05, 0.1) is 0 Å². The minimum absolute atomic E-state index is 0.153. The molecule has 1 atom stereocenters. The van der Waals surface area contributed by atoms with Crippen LogP contribution < -0.4 is 5.32 Å². The Balaban J connectivity index is 2.84. The van der Waals surface area contributed by atoms with Crippen molar-refractivity contribution in [2.75, 3.05) is 13.1 Å². The first-order valence-corrected chi connectivity index (χ1v) is 5.29. The SMILES string of the molecule is Cc1cc(F)ccc1C(NCCN=[N+]=[N-])C(=O)O. The monoisotopic (exact) mass is 252 g/mol. The highest BCUT2D eigenvalue weighted by Crippen LogP contribution is 2.18. The van der Waals surface area contributed by atoms with E-state index in [2.05, 4.69) is 15.3 Å². The molecule has 0 radical (unpaired) electrons. The first-order chi connectivity index (χ1) is 8.56. The number of nitrogens with zero attached hydrogens (tertiary/aromatic N) is 3. The van der Waals surface area contributed by atoms with Gasteiger partial charge in [0.15, 0.2) is 0 Å². The summed E-state index contributed by atoms with van der Waals surface area (Å²) in [6.45, 7) is 2.03. The summed E-state index contributed by atoms with van der Waals surface area (Å²) in [4.78, 5) is 13.7. The number of aryl methyl sites for hydroxylation is 1. The molecule has 0 saturated heterocycles. The van der Waals surface area contributed by atoms with Crippen molar-refractivity contribution in [3.8, 4) is 0 Å². The lowest BCUT2D eigenvalue weighted by atomic mass is 10.0. The molecule has 0 bridgehead atoms. The molecule has 1 unspecified atom stereocenters. The molecule has 0 heterocycles. The predicted molar refractivity (Wildman–Crippen MR) is 63.5 cm³/mol. The summed E-state index contributed by atoms with van der Waals surface area (Å²) in [6.07, 6.45) is 0. The Morgan fingerprint density at radius 3 is 2.94 bits per heavy atom. The Morgan fingerprint density at radius 1 is 1.67 bits per heavy atom. The average molecular weight is 252 g/mol. The van der Waals surface area contributed by atoms with Crippen LogP contribution in [0.4, 0.5) is 4.39 Å². The fourth-order valence-corrected chi connectivity index (χ4v) is 1.60. The number of rotatable bonds is 6. The van der Waals surface area contributed by atoms with Crippen molar-refractivity contribution in [3.05, 3.63) is 45.6 Å². The van der Waals surface area contributed by atoms with Crippen LogP contribution in [0.25, 0.3) is 10.4 Å². The van der Waals surface area contributed by atoms with Crippen LogP contribution in [0.3, 0.4) is 0 Å². The first-order valence-electron chi connectivity index (χ1n) is 5.29. The lowest BCUT2D eigenvalue weighted by Crippen LogP contribution is -2.31. The van der Waals surface area contributed by atoms with Crippen LogP contribution in [0.2, 0.25) is 0 Å². The summed E-state index contributed by atoms with van der Waals surface area (Å²) in [6, 6.07) is 2.98. The molecule has 0 aliphatic carbocycles. The largest absolute Gasteiger partial charge is 0.480 e. The second kappa shape index (κ2) is 6.58. The van der Waals surface area contributed by atoms with Crippen molar-refractivity contribution in [3.63, 3.8) is 0 Å². The summed E-state index contributed by atoms with van der Waals surface area (Å²) in [5.74, 6) is -1.47. The van der Waals surface area contributed by atoms with Crippen molar-refractivity contribution < 1.29 is 14.3 Å². The zero-order valence-corrected chi connectivity index (χ0v) is 9.80. The van der Waals surface area contributed by atoms with E-state index in [0.29, 0.717) is 11.1 Å². The van der Waals surface area contributed by atoms with E-state index in [1.54, 1.807) is 6.92 Å². The van der Waals surface area contributed by atoms with Gasteiger partial charge in [-0.25, -0.2) is 4.39 Å². The molecule has 0 fully saturated rings. The lowest BCUT2D eigenvalue weighted by molar-refractivity contribution is -0.139.